The van der Waals surface area contributed by atoms with Crippen LogP contribution in [0.25, 0.3) is 0 Å². The van der Waals surface area contributed by atoms with Gasteiger partial charge < -0.3 is 14.8 Å². The molecule has 1 saturated heterocycles. The van der Waals surface area contributed by atoms with Gasteiger partial charge in [0.2, 0.25) is 15.9 Å². The smallest absolute Gasteiger partial charge is 0.341 e. The summed E-state index contributed by atoms with van der Waals surface area (Å²) in [5.74, 6) is -0.139. The van der Waals surface area contributed by atoms with Gasteiger partial charge in [-0.25, -0.2) is 13.2 Å². The number of carbonyl (C=O) groups is 2. The van der Waals surface area contributed by atoms with Gasteiger partial charge in [0.15, 0.2) is 0 Å². The maximum absolute atomic E-state index is 12.9. The Labute approximate surface area is 192 Å². The molecule has 1 amide bonds. The Morgan fingerprint density at radius 2 is 1.78 bits per heavy atom. The number of sulfonamides is 1. The number of aryl methyl sites for hydroxylation is 1. The normalized spacial score (nSPS) is 15.3. The van der Waals surface area contributed by atoms with Gasteiger partial charge in [-0.15, -0.1) is 11.3 Å². The fraction of sp³-hybridized carbons (Fsp3) is 0.429. The van der Waals surface area contributed by atoms with Crippen molar-refractivity contribution in [2.24, 2.45) is 0 Å². The highest BCUT2D eigenvalue weighted by Crippen LogP contribution is 2.28. The molecule has 0 atom stereocenters. The van der Waals surface area contributed by atoms with Crippen LogP contribution in [0.3, 0.4) is 0 Å². The number of nitrogens with zero attached hydrogens (tertiary/aromatic N) is 2. The number of piperazine rings is 1. The van der Waals surface area contributed by atoms with E-state index in [9.17, 15) is 18.0 Å². The number of anilines is 1. The number of carbonyl (C=O) groups excluding carboxylic acids is 2. The summed E-state index contributed by atoms with van der Waals surface area (Å²) in [7, 11) is -2.08. The predicted octanol–water partition coefficient (Wildman–Crippen LogP) is 2.19. The Kier molecular flexibility index (Phi) is 7.88. The molecule has 1 aromatic heterocycles. The molecule has 1 aliphatic rings. The van der Waals surface area contributed by atoms with Crippen molar-refractivity contribution in [3.8, 4) is 5.75 Å². The quantitative estimate of drug-likeness (QED) is 0.576. The molecular weight excluding hydrogens is 454 g/mol. The zero-order valence-electron chi connectivity index (χ0n) is 18.3. The fourth-order valence-corrected chi connectivity index (χ4v) is 5.70. The van der Waals surface area contributed by atoms with Crippen LogP contribution in [0, 0.1) is 6.92 Å². The van der Waals surface area contributed by atoms with Gasteiger partial charge in [-0.05, 0) is 44.2 Å². The van der Waals surface area contributed by atoms with E-state index in [1.807, 2.05) is 11.8 Å². The minimum Gasteiger partial charge on any atom is -0.497 e. The van der Waals surface area contributed by atoms with Crippen molar-refractivity contribution >= 4 is 38.2 Å². The molecule has 9 nitrogen and oxygen atoms in total. The molecule has 0 radical (unpaired) electrons. The first-order chi connectivity index (χ1) is 15.2. The van der Waals surface area contributed by atoms with E-state index in [0.29, 0.717) is 29.4 Å². The van der Waals surface area contributed by atoms with Crippen LogP contribution in [0.4, 0.5) is 5.00 Å². The number of hydrogen-bond donors (Lipinski definition) is 1. The number of hydrogen-bond acceptors (Lipinski definition) is 8. The van der Waals surface area contributed by atoms with Gasteiger partial charge in [0.05, 0.1) is 30.7 Å². The van der Waals surface area contributed by atoms with Gasteiger partial charge in [0.1, 0.15) is 10.8 Å². The minimum atomic E-state index is -3.60. The molecule has 2 heterocycles. The van der Waals surface area contributed by atoms with Gasteiger partial charge in [-0.3, -0.25) is 9.69 Å². The van der Waals surface area contributed by atoms with Gasteiger partial charge >= 0.3 is 5.97 Å². The molecule has 0 saturated carbocycles. The molecular formula is C21H27N3O6S2. The maximum Gasteiger partial charge on any atom is 0.341 e. The van der Waals surface area contributed by atoms with E-state index in [4.69, 9.17) is 9.47 Å². The molecule has 0 bridgehead atoms. The van der Waals surface area contributed by atoms with Gasteiger partial charge in [-0.2, -0.15) is 4.31 Å². The molecule has 1 N–H and O–H groups in total. The third kappa shape index (κ3) is 5.66. The predicted molar refractivity (Wildman–Crippen MR) is 122 cm³/mol. The lowest BCUT2D eigenvalue weighted by Crippen LogP contribution is -2.50. The highest BCUT2D eigenvalue weighted by Gasteiger charge is 2.29. The summed E-state index contributed by atoms with van der Waals surface area (Å²) in [6, 6.07) is 7.98. The lowest BCUT2D eigenvalue weighted by molar-refractivity contribution is -0.117. The monoisotopic (exact) mass is 481 g/mol. The Bertz CT molecular complexity index is 1060. The summed E-state index contributed by atoms with van der Waals surface area (Å²) in [5.41, 5.74) is 0.345. The number of benzene rings is 1. The highest BCUT2D eigenvalue weighted by atomic mass is 32.2. The van der Waals surface area contributed by atoms with E-state index < -0.39 is 16.0 Å². The number of rotatable bonds is 8. The summed E-state index contributed by atoms with van der Waals surface area (Å²) in [4.78, 5) is 27.6. The molecule has 2 aromatic rings. The van der Waals surface area contributed by atoms with Crippen LogP contribution < -0.4 is 10.1 Å². The van der Waals surface area contributed by atoms with E-state index in [2.05, 4.69) is 5.32 Å². The number of esters is 1. The highest BCUT2D eigenvalue weighted by molar-refractivity contribution is 7.89. The Balaban J connectivity index is 1.56. The molecule has 0 spiro atoms. The van der Waals surface area contributed by atoms with Gasteiger partial charge in [0.25, 0.3) is 0 Å². The lowest BCUT2D eigenvalue weighted by atomic mass is 10.3. The van der Waals surface area contributed by atoms with Gasteiger partial charge in [0, 0.05) is 31.1 Å². The van der Waals surface area contributed by atoms with Crippen molar-refractivity contribution in [2.75, 3.05) is 51.8 Å². The van der Waals surface area contributed by atoms with Gasteiger partial charge in [-0.1, -0.05) is 0 Å². The number of amides is 1. The van der Waals surface area contributed by atoms with E-state index >= 15 is 0 Å². The topological polar surface area (TPSA) is 105 Å². The van der Waals surface area contributed by atoms with E-state index in [-0.39, 0.29) is 37.0 Å². The number of nitrogens with one attached hydrogen (secondary N) is 1. The summed E-state index contributed by atoms with van der Waals surface area (Å²) in [6.07, 6.45) is 0. The molecule has 32 heavy (non-hydrogen) atoms. The lowest BCUT2D eigenvalue weighted by Gasteiger charge is -2.33. The summed E-state index contributed by atoms with van der Waals surface area (Å²) in [6.45, 7) is 5.37. The van der Waals surface area contributed by atoms with Crippen LogP contribution in [0.1, 0.15) is 22.2 Å². The van der Waals surface area contributed by atoms with Crippen molar-refractivity contribution < 1.29 is 27.5 Å². The third-order valence-corrected chi connectivity index (χ3v) is 7.88. The van der Waals surface area contributed by atoms with Crippen LogP contribution in [0.5, 0.6) is 5.75 Å². The average Bonchev–Trinajstić information content (AvgIpc) is 3.14. The number of ether oxygens (including phenoxy) is 2. The molecule has 0 unspecified atom stereocenters. The van der Waals surface area contributed by atoms with E-state index in [0.717, 1.165) is 4.88 Å². The zero-order valence-corrected chi connectivity index (χ0v) is 19.9. The van der Waals surface area contributed by atoms with E-state index in [1.165, 1.54) is 34.9 Å². The minimum absolute atomic E-state index is 0.107. The first kappa shape index (κ1) is 24.2. The number of thiophene rings is 1. The van der Waals surface area contributed by atoms with Crippen LogP contribution in [-0.2, 0) is 19.6 Å². The summed E-state index contributed by atoms with van der Waals surface area (Å²) < 4.78 is 37.3. The number of methoxy groups -OCH3 is 1. The van der Waals surface area contributed by atoms with Crippen molar-refractivity contribution in [3.63, 3.8) is 0 Å². The second kappa shape index (κ2) is 10.4. The van der Waals surface area contributed by atoms with Crippen LogP contribution in [0.2, 0.25) is 0 Å². The largest absolute Gasteiger partial charge is 0.497 e. The fourth-order valence-electron chi connectivity index (χ4n) is 3.36. The van der Waals surface area contributed by atoms with Crippen molar-refractivity contribution in [3.05, 3.63) is 40.8 Å². The van der Waals surface area contributed by atoms with Crippen molar-refractivity contribution in [2.45, 2.75) is 18.7 Å². The van der Waals surface area contributed by atoms with Crippen LogP contribution in [0.15, 0.2) is 35.2 Å². The third-order valence-electron chi connectivity index (χ3n) is 5.00. The zero-order chi connectivity index (χ0) is 23.3. The molecule has 1 aliphatic heterocycles. The second-order valence-electron chi connectivity index (χ2n) is 7.22. The SMILES string of the molecule is CCOC(=O)c1cc(C)sc1NC(=O)CN1CCN(S(=O)(=O)c2ccc(OC)cc2)CC1. The molecule has 1 fully saturated rings. The molecule has 174 valence electrons. The summed E-state index contributed by atoms with van der Waals surface area (Å²) in [5, 5.41) is 3.25. The molecule has 3 rings (SSSR count). The maximum atomic E-state index is 12.9. The van der Waals surface area contributed by atoms with Crippen molar-refractivity contribution in [1.82, 2.24) is 9.21 Å². The van der Waals surface area contributed by atoms with E-state index in [1.54, 1.807) is 25.1 Å². The molecule has 11 heteroatoms. The van der Waals surface area contributed by atoms with Crippen molar-refractivity contribution in [1.29, 1.82) is 0 Å². The Morgan fingerprint density at radius 1 is 1.12 bits per heavy atom. The Morgan fingerprint density at radius 3 is 2.38 bits per heavy atom. The standard InChI is InChI=1S/C21H27N3O6S2/c1-4-30-21(26)18-13-15(2)31-20(18)22-19(25)14-23-9-11-24(12-10-23)32(27,28)17-7-5-16(29-3)6-8-17/h5-8,13H,4,9-12,14H2,1-3H3,(H,22,25). The van der Waals surface area contributed by atoms with Crippen LogP contribution >= 0.6 is 11.3 Å². The van der Waals surface area contributed by atoms with Crippen LogP contribution in [-0.4, -0.2) is 75.9 Å². The first-order valence-corrected chi connectivity index (χ1v) is 12.4. The second-order valence-corrected chi connectivity index (χ2v) is 10.4. The molecule has 1 aromatic carbocycles. The average molecular weight is 482 g/mol. The Hall–Kier alpha value is -2.47. The first-order valence-electron chi connectivity index (χ1n) is 10.2. The molecule has 0 aliphatic carbocycles. The summed E-state index contributed by atoms with van der Waals surface area (Å²) >= 11 is 1.32.